The van der Waals surface area contributed by atoms with Gasteiger partial charge in [-0.25, -0.2) is 8.78 Å². The first-order chi connectivity index (χ1) is 8.47. The SMILES string of the molecule is O=C(O)CC1CN(Cc2c(F)ccc(Br)c2F)C1. The molecule has 3 nitrogen and oxygen atoms in total. The van der Waals surface area contributed by atoms with Crippen molar-refractivity contribution in [2.45, 2.75) is 13.0 Å². The number of hydrogen-bond acceptors (Lipinski definition) is 2. The molecule has 0 atom stereocenters. The third-order valence-electron chi connectivity index (χ3n) is 3.02. The highest BCUT2D eigenvalue weighted by atomic mass is 79.9. The van der Waals surface area contributed by atoms with Crippen molar-refractivity contribution in [2.75, 3.05) is 13.1 Å². The fourth-order valence-electron chi connectivity index (χ4n) is 2.12. The van der Waals surface area contributed by atoms with Gasteiger partial charge in [0.1, 0.15) is 11.6 Å². The van der Waals surface area contributed by atoms with Crippen molar-refractivity contribution in [3.05, 3.63) is 33.8 Å². The largest absolute Gasteiger partial charge is 0.481 e. The highest BCUT2D eigenvalue weighted by Gasteiger charge is 2.29. The first-order valence-corrected chi connectivity index (χ1v) is 6.33. The molecular formula is C12H12BrF2NO2. The maximum atomic E-state index is 13.7. The summed E-state index contributed by atoms with van der Waals surface area (Å²) in [5.74, 6) is -1.91. The van der Waals surface area contributed by atoms with Crippen LogP contribution >= 0.6 is 15.9 Å². The van der Waals surface area contributed by atoms with E-state index in [4.69, 9.17) is 5.11 Å². The summed E-state index contributed by atoms with van der Waals surface area (Å²) in [5.41, 5.74) is 0.0261. The molecule has 0 aliphatic carbocycles. The van der Waals surface area contributed by atoms with E-state index in [0.717, 1.165) is 0 Å². The lowest BCUT2D eigenvalue weighted by atomic mass is 9.95. The predicted octanol–water partition coefficient (Wildman–Crippen LogP) is 2.63. The van der Waals surface area contributed by atoms with Crippen LogP contribution in [-0.2, 0) is 11.3 Å². The van der Waals surface area contributed by atoms with Gasteiger partial charge in [-0.2, -0.15) is 0 Å². The summed E-state index contributed by atoms with van der Waals surface area (Å²) in [5, 5.41) is 8.60. The summed E-state index contributed by atoms with van der Waals surface area (Å²) in [4.78, 5) is 12.3. The second-order valence-corrected chi connectivity index (χ2v) is 5.33. The molecule has 0 spiro atoms. The van der Waals surface area contributed by atoms with Crippen LogP contribution in [0.5, 0.6) is 0 Å². The topological polar surface area (TPSA) is 40.5 Å². The molecule has 0 unspecified atom stereocenters. The van der Waals surface area contributed by atoms with E-state index in [0.29, 0.717) is 13.1 Å². The number of benzene rings is 1. The molecule has 0 aromatic heterocycles. The minimum atomic E-state index is -0.834. The van der Waals surface area contributed by atoms with Crippen molar-refractivity contribution in [1.29, 1.82) is 0 Å². The van der Waals surface area contributed by atoms with Gasteiger partial charge in [0.15, 0.2) is 0 Å². The van der Waals surface area contributed by atoms with E-state index in [1.54, 1.807) is 0 Å². The normalized spacial score (nSPS) is 16.6. The minimum Gasteiger partial charge on any atom is -0.481 e. The lowest BCUT2D eigenvalue weighted by molar-refractivity contribution is -0.139. The molecule has 1 aromatic rings. The molecule has 6 heteroatoms. The molecule has 1 fully saturated rings. The summed E-state index contributed by atoms with van der Waals surface area (Å²) < 4.78 is 27.4. The first-order valence-electron chi connectivity index (χ1n) is 5.54. The van der Waals surface area contributed by atoms with Gasteiger partial charge >= 0.3 is 5.97 Å². The standard InChI is InChI=1S/C12H12BrF2NO2/c13-9-1-2-10(14)8(12(9)15)6-16-4-7(5-16)3-11(17)18/h1-2,7H,3-6H2,(H,17,18). The summed E-state index contributed by atoms with van der Waals surface area (Å²) in [6.45, 7) is 1.31. The van der Waals surface area contributed by atoms with E-state index < -0.39 is 17.6 Å². The number of hydrogen-bond donors (Lipinski definition) is 1. The van der Waals surface area contributed by atoms with E-state index in [2.05, 4.69) is 15.9 Å². The lowest BCUT2D eigenvalue weighted by Crippen LogP contribution is -2.46. The van der Waals surface area contributed by atoms with Gasteiger partial charge in [0.2, 0.25) is 0 Å². The average molecular weight is 320 g/mol. The van der Waals surface area contributed by atoms with Crippen LogP contribution in [-0.4, -0.2) is 29.1 Å². The zero-order chi connectivity index (χ0) is 13.3. The monoisotopic (exact) mass is 319 g/mol. The molecule has 0 amide bonds. The number of rotatable bonds is 4. The number of halogens is 3. The molecule has 2 rings (SSSR count). The number of carboxylic acids is 1. The Labute approximate surface area is 112 Å². The van der Waals surface area contributed by atoms with Crippen LogP contribution in [0.25, 0.3) is 0 Å². The van der Waals surface area contributed by atoms with Gasteiger partial charge in [-0.1, -0.05) is 0 Å². The van der Waals surface area contributed by atoms with Crippen LogP contribution in [0.3, 0.4) is 0 Å². The van der Waals surface area contributed by atoms with Crippen LogP contribution < -0.4 is 0 Å². The summed E-state index contributed by atoms with van der Waals surface area (Å²) in [6, 6.07) is 2.55. The van der Waals surface area contributed by atoms with E-state index in [9.17, 15) is 13.6 Å². The van der Waals surface area contributed by atoms with Gasteiger partial charge in [-0.3, -0.25) is 9.69 Å². The molecule has 0 saturated carbocycles. The smallest absolute Gasteiger partial charge is 0.303 e. The zero-order valence-electron chi connectivity index (χ0n) is 9.50. The lowest BCUT2D eigenvalue weighted by Gasteiger charge is -2.38. The second kappa shape index (κ2) is 5.32. The van der Waals surface area contributed by atoms with E-state index in [-0.39, 0.29) is 28.9 Å². The second-order valence-electron chi connectivity index (χ2n) is 4.48. The summed E-state index contributed by atoms with van der Waals surface area (Å²) >= 11 is 3.02. The fraction of sp³-hybridized carbons (Fsp3) is 0.417. The van der Waals surface area contributed by atoms with Crippen molar-refractivity contribution in [2.24, 2.45) is 5.92 Å². The van der Waals surface area contributed by atoms with E-state index in [1.807, 2.05) is 4.90 Å². The quantitative estimate of drug-likeness (QED) is 0.867. The third-order valence-corrected chi connectivity index (χ3v) is 3.63. The van der Waals surface area contributed by atoms with Crippen LogP contribution in [0.2, 0.25) is 0 Å². The molecule has 1 aliphatic rings. The molecule has 0 bridgehead atoms. The van der Waals surface area contributed by atoms with Gasteiger partial charge in [0.05, 0.1) is 10.9 Å². The molecule has 1 N–H and O–H groups in total. The number of carbonyl (C=O) groups is 1. The molecule has 98 valence electrons. The Balaban J connectivity index is 1.96. The third kappa shape index (κ3) is 2.87. The Hall–Kier alpha value is -1.01. The van der Waals surface area contributed by atoms with Crippen LogP contribution in [0, 0.1) is 17.6 Å². The Morgan fingerprint density at radius 1 is 1.44 bits per heavy atom. The van der Waals surface area contributed by atoms with E-state index in [1.165, 1.54) is 12.1 Å². The molecule has 1 heterocycles. The highest BCUT2D eigenvalue weighted by molar-refractivity contribution is 9.10. The average Bonchev–Trinajstić information content (AvgIpc) is 2.25. The highest BCUT2D eigenvalue weighted by Crippen LogP contribution is 2.26. The van der Waals surface area contributed by atoms with Crippen LogP contribution in [0.15, 0.2) is 16.6 Å². The Morgan fingerprint density at radius 3 is 2.72 bits per heavy atom. The van der Waals surface area contributed by atoms with Gasteiger partial charge in [-0.05, 0) is 34.0 Å². The van der Waals surface area contributed by atoms with E-state index >= 15 is 0 Å². The van der Waals surface area contributed by atoms with Crippen LogP contribution in [0.1, 0.15) is 12.0 Å². The maximum Gasteiger partial charge on any atom is 0.303 e. The van der Waals surface area contributed by atoms with Gasteiger partial charge in [0, 0.05) is 25.2 Å². The summed E-state index contributed by atoms with van der Waals surface area (Å²) in [6.07, 6.45) is 0.111. The Morgan fingerprint density at radius 2 is 2.11 bits per heavy atom. The first kappa shape index (κ1) is 13.4. The van der Waals surface area contributed by atoms with Gasteiger partial charge < -0.3 is 5.11 Å². The molecule has 1 aromatic carbocycles. The molecule has 1 saturated heterocycles. The van der Waals surface area contributed by atoms with Gasteiger partial charge in [-0.15, -0.1) is 0 Å². The van der Waals surface area contributed by atoms with Crippen molar-refractivity contribution in [1.82, 2.24) is 4.90 Å². The maximum absolute atomic E-state index is 13.7. The number of carboxylic acid groups (broad SMARTS) is 1. The van der Waals surface area contributed by atoms with Gasteiger partial charge in [0.25, 0.3) is 0 Å². The molecule has 0 radical (unpaired) electrons. The fourth-order valence-corrected chi connectivity index (χ4v) is 2.49. The summed E-state index contributed by atoms with van der Waals surface area (Å²) in [7, 11) is 0. The molecule has 18 heavy (non-hydrogen) atoms. The van der Waals surface area contributed by atoms with Crippen molar-refractivity contribution >= 4 is 21.9 Å². The number of nitrogens with zero attached hydrogens (tertiary/aromatic N) is 1. The zero-order valence-corrected chi connectivity index (χ0v) is 11.1. The van der Waals surface area contributed by atoms with Crippen molar-refractivity contribution in [3.63, 3.8) is 0 Å². The van der Waals surface area contributed by atoms with Crippen molar-refractivity contribution < 1.29 is 18.7 Å². The minimum absolute atomic E-state index is 0.0261. The number of likely N-dealkylation sites (tertiary alicyclic amines) is 1. The van der Waals surface area contributed by atoms with Crippen LogP contribution in [0.4, 0.5) is 8.78 Å². The van der Waals surface area contributed by atoms with Crippen molar-refractivity contribution in [3.8, 4) is 0 Å². The predicted molar refractivity (Wildman–Crippen MR) is 65.1 cm³/mol. The Bertz CT molecular complexity index is 475. The molecular weight excluding hydrogens is 308 g/mol. The number of aliphatic carboxylic acids is 1. The Kier molecular flexibility index (Phi) is 3.97. The molecule has 1 aliphatic heterocycles.